The van der Waals surface area contributed by atoms with Gasteiger partial charge in [-0.2, -0.15) is 5.26 Å². The van der Waals surface area contributed by atoms with Crippen LogP contribution >= 0.6 is 11.3 Å². The number of carbonyl (C=O) groups excluding carboxylic acids is 1. The van der Waals surface area contributed by atoms with E-state index in [2.05, 4.69) is 17.3 Å². The maximum Gasteiger partial charge on any atom is 0.413 e. The molecule has 3 aliphatic heterocycles. The molecule has 3 fully saturated rings. The summed E-state index contributed by atoms with van der Waals surface area (Å²) in [4.78, 5) is 17.4. The molecule has 3 saturated heterocycles. The number of halogens is 1. The van der Waals surface area contributed by atoms with Crippen molar-refractivity contribution in [1.29, 1.82) is 5.26 Å². The van der Waals surface area contributed by atoms with Crippen LogP contribution in [0.4, 0.5) is 15.0 Å². The molecule has 6 nitrogen and oxygen atoms in total. The highest BCUT2D eigenvalue weighted by molar-refractivity contribution is 7.13. The van der Waals surface area contributed by atoms with Crippen LogP contribution in [0.25, 0.3) is 10.4 Å². The highest BCUT2D eigenvalue weighted by Crippen LogP contribution is 2.39. The lowest BCUT2D eigenvalue weighted by atomic mass is 9.81. The number of hydrogen-bond acceptors (Lipinski definition) is 5. The van der Waals surface area contributed by atoms with Crippen LogP contribution < -0.4 is 5.32 Å². The van der Waals surface area contributed by atoms with Gasteiger partial charge in [-0.1, -0.05) is 6.07 Å². The lowest BCUT2D eigenvalue weighted by Crippen LogP contribution is -2.63. The van der Waals surface area contributed by atoms with E-state index in [4.69, 9.17) is 10.00 Å². The summed E-state index contributed by atoms with van der Waals surface area (Å²) >= 11 is 1.31. The van der Waals surface area contributed by atoms with E-state index in [1.165, 1.54) is 23.5 Å². The van der Waals surface area contributed by atoms with Gasteiger partial charge in [-0.05, 0) is 17.7 Å². The molecule has 3 aliphatic rings. The zero-order valence-electron chi connectivity index (χ0n) is 15.0. The zero-order chi connectivity index (χ0) is 19.1. The van der Waals surface area contributed by atoms with E-state index < -0.39 is 11.9 Å². The average molecular weight is 387 g/mol. The van der Waals surface area contributed by atoms with E-state index in [0.29, 0.717) is 16.3 Å². The molecule has 0 spiro atoms. The molecular formula is C19H20FN4O2S+. The largest absolute Gasteiger partial charge is 0.442 e. The van der Waals surface area contributed by atoms with Crippen molar-refractivity contribution in [3.05, 3.63) is 35.1 Å². The Morgan fingerprint density at radius 1 is 1.37 bits per heavy atom. The van der Waals surface area contributed by atoms with Crippen LogP contribution in [-0.2, 0) is 4.74 Å². The number of fused-ring (bicyclic) bond motifs is 3. The fourth-order valence-electron chi connectivity index (χ4n) is 3.90. The number of aromatic nitrogens is 1. The Labute approximate surface area is 160 Å². The number of nitrogens with zero attached hydrogens (tertiary/aromatic N) is 3. The van der Waals surface area contributed by atoms with Crippen molar-refractivity contribution in [2.75, 3.05) is 32.0 Å². The van der Waals surface area contributed by atoms with Crippen LogP contribution in [0.15, 0.2) is 23.7 Å². The van der Waals surface area contributed by atoms with Crippen LogP contribution in [-0.4, -0.2) is 47.8 Å². The number of anilines is 1. The molecule has 2 bridgehead atoms. The summed E-state index contributed by atoms with van der Waals surface area (Å²) in [5, 5.41) is 11.8. The Balaban J connectivity index is 1.49. The molecule has 8 heteroatoms. The van der Waals surface area contributed by atoms with E-state index in [9.17, 15) is 9.18 Å². The van der Waals surface area contributed by atoms with E-state index in [1.807, 2.05) is 6.07 Å². The van der Waals surface area contributed by atoms with Gasteiger partial charge >= 0.3 is 6.09 Å². The van der Waals surface area contributed by atoms with Gasteiger partial charge in [0.15, 0.2) is 5.82 Å². The Bertz CT molecular complexity index is 912. The fraction of sp³-hybridized carbons (Fsp3) is 0.421. The second-order valence-corrected chi connectivity index (χ2v) is 8.43. The van der Waals surface area contributed by atoms with Crippen molar-refractivity contribution < 1.29 is 18.4 Å². The van der Waals surface area contributed by atoms with E-state index in [-0.39, 0.29) is 11.2 Å². The van der Waals surface area contributed by atoms with Gasteiger partial charge in [0, 0.05) is 19.3 Å². The van der Waals surface area contributed by atoms with Crippen molar-refractivity contribution >= 4 is 23.2 Å². The van der Waals surface area contributed by atoms with Gasteiger partial charge in [-0.3, -0.25) is 5.32 Å². The van der Waals surface area contributed by atoms with Crippen molar-refractivity contribution in [2.24, 2.45) is 0 Å². The number of ether oxygens (including phenoxy) is 1. The maximum atomic E-state index is 13.6. The van der Waals surface area contributed by atoms with Crippen molar-refractivity contribution in [2.45, 2.75) is 24.9 Å². The Hall–Kier alpha value is -2.50. The number of rotatable bonds is 3. The second-order valence-electron chi connectivity index (χ2n) is 7.57. The van der Waals surface area contributed by atoms with Crippen LogP contribution in [0.5, 0.6) is 0 Å². The number of benzene rings is 1. The van der Waals surface area contributed by atoms with Gasteiger partial charge in [-0.25, -0.2) is 14.2 Å². The van der Waals surface area contributed by atoms with E-state index in [0.717, 1.165) is 43.4 Å². The number of carbonyl (C=O) groups is 1. The van der Waals surface area contributed by atoms with Crippen molar-refractivity contribution in [3.63, 3.8) is 0 Å². The molecule has 1 amide bonds. The molecule has 0 atom stereocenters. The molecule has 0 saturated carbocycles. The molecule has 1 N–H and O–H groups in total. The van der Waals surface area contributed by atoms with Gasteiger partial charge in [-0.15, -0.1) is 11.3 Å². The molecule has 27 heavy (non-hydrogen) atoms. The van der Waals surface area contributed by atoms with E-state index >= 15 is 0 Å². The number of amides is 1. The first-order chi connectivity index (χ1) is 12.9. The molecule has 2 aromatic rings. The predicted molar refractivity (Wildman–Crippen MR) is 99.7 cm³/mol. The standard InChI is InChI=1S/C19H19FN4O2S/c1-24-7-4-19(5-8-24,6-9-24)26-18(25)23-17-16(27-12-22-17)13-2-3-15(20)14(10-13)11-21/h2-3,10,12H,4-9H2,1H3/p+1. The number of nitriles is 1. The third-order valence-corrected chi connectivity index (χ3v) is 6.64. The summed E-state index contributed by atoms with van der Waals surface area (Å²) in [5.74, 6) is -0.206. The fourth-order valence-corrected chi connectivity index (χ4v) is 4.64. The van der Waals surface area contributed by atoms with Crippen molar-refractivity contribution in [3.8, 4) is 16.5 Å². The number of hydrogen-bond donors (Lipinski definition) is 1. The van der Waals surface area contributed by atoms with Gasteiger partial charge in [0.05, 0.1) is 42.6 Å². The summed E-state index contributed by atoms with van der Waals surface area (Å²) in [6.07, 6.45) is 2.13. The summed E-state index contributed by atoms with van der Waals surface area (Å²) < 4.78 is 20.5. The van der Waals surface area contributed by atoms with Crippen LogP contribution in [0.1, 0.15) is 24.8 Å². The minimum Gasteiger partial charge on any atom is -0.442 e. The van der Waals surface area contributed by atoms with Crippen LogP contribution in [0.3, 0.4) is 0 Å². The first-order valence-corrected chi connectivity index (χ1v) is 9.77. The topological polar surface area (TPSA) is 75.0 Å². The summed E-state index contributed by atoms with van der Waals surface area (Å²) in [5.41, 5.74) is 1.81. The lowest BCUT2D eigenvalue weighted by molar-refractivity contribution is -0.926. The summed E-state index contributed by atoms with van der Waals surface area (Å²) in [6.45, 7) is 3.09. The van der Waals surface area contributed by atoms with Gasteiger partial charge in [0.2, 0.25) is 0 Å². The van der Waals surface area contributed by atoms with Crippen LogP contribution in [0.2, 0.25) is 0 Å². The van der Waals surface area contributed by atoms with E-state index in [1.54, 1.807) is 11.6 Å². The molecule has 0 radical (unpaired) electrons. The Morgan fingerprint density at radius 2 is 2.07 bits per heavy atom. The van der Waals surface area contributed by atoms with Gasteiger partial charge in [0.1, 0.15) is 17.5 Å². The minimum atomic E-state index is -0.571. The minimum absolute atomic E-state index is 0.0427. The third kappa shape index (κ3) is 3.40. The van der Waals surface area contributed by atoms with Crippen molar-refractivity contribution in [1.82, 2.24) is 4.98 Å². The monoisotopic (exact) mass is 387 g/mol. The van der Waals surface area contributed by atoms with Crippen LogP contribution in [0, 0.1) is 17.1 Å². The molecule has 140 valence electrons. The number of quaternary nitrogens is 1. The lowest BCUT2D eigenvalue weighted by Gasteiger charge is -2.51. The SMILES string of the molecule is C[N+]12CCC(OC(=O)Nc3ncsc3-c3ccc(F)c(C#N)c3)(CC1)CC2. The first-order valence-electron chi connectivity index (χ1n) is 8.89. The second kappa shape index (κ2) is 6.59. The smallest absolute Gasteiger partial charge is 0.413 e. The molecular weight excluding hydrogens is 367 g/mol. The van der Waals surface area contributed by atoms with Gasteiger partial charge in [0.25, 0.3) is 0 Å². The third-order valence-electron chi connectivity index (χ3n) is 5.77. The molecule has 0 unspecified atom stereocenters. The zero-order valence-corrected chi connectivity index (χ0v) is 15.8. The highest BCUT2D eigenvalue weighted by atomic mass is 32.1. The normalized spacial score (nSPS) is 26.4. The van der Waals surface area contributed by atoms with Gasteiger partial charge < -0.3 is 9.22 Å². The predicted octanol–water partition coefficient (Wildman–Crippen LogP) is 3.75. The number of piperidine rings is 3. The molecule has 1 aromatic heterocycles. The number of nitrogens with one attached hydrogen (secondary N) is 1. The summed E-state index contributed by atoms with van der Waals surface area (Å²) in [7, 11) is 2.25. The molecule has 0 aliphatic carbocycles. The molecule has 5 rings (SSSR count). The number of thiazole rings is 1. The Morgan fingerprint density at radius 3 is 2.74 bits per heavy atom. The highest BCUT2D eigenvalue weighted by Gasteiger charge is 2.49. The average Bonchev–Trinajstić information content (AvgIpc) is 3.11. The quantitative estimate of drug-likeness (QED) is 0.814. The molecule has 4 heterocycles. The maximum absolute atomic E-state index is 13.6. The molecule has 1 aromatic carbocycles. The summed E-state index contributed by atoms with van der Waals surface area (Å²) in [6, 6.07) is 6.10. The first kappa shape index (κ1) is 17.9. The Kier molecular flexibility index (Phi) is 4.36.